The Bertz CT molecular complexity index is 203. The van der Waals surface area contributed by atoms with E-state index in [2.05, 4.69) is 4.84 Å². The number of nitrogens with one attached hydrogen (secondary N) is 1. The van der Waals surface area contributed by atoms with Gasteiger partial charge in [0.25, 0.3) is 0 Å². The molecule has 0 saturated heterocycles. The minimum atomic E-state index is -4.89. The number of carbonyl (C=O) groups is 1. The summed E-state index contributed by atoms with van der Waals surface area (Å²) in [4.78, 5) is 14.6. The summed E-state index contributed by atoms with van der Waals surface area (Å²) in [5, 5.41) is 0. The van der Waals surface area contributed by atoms with Crippen LogP contribution in [0.5, 0.6) is 0 Å². The monoisotopic (exact) mass is 294 g/mol. The zero-order valence-electron chi connectivity index (χ0n) is 8.69. The number of rotatable bonds is 4. The van der Waals surface area contributed by atoms with Crippen molar-refractivity contribution in [2.75, 3.05) is 34.3 Å². The van der Waals surface area contributed by atoms with Crippen LogP contribution in [0, 0.1) is 0 Å². The number of likely N-dealkylation sites (N-methyl/N-ethyl adjacent to an activating group) is 1. The molecule has 92 valence electrons. The number of nitrogens with zero attached hydrogens (tertiary/aromatic N) is 1. The van der Waals surface area contributed by atoms with Crippen molar-refractivity contribution in [3.8, 4) is 0 Å². The van der Waals surface area contributed by atoms with E-state index >= 15 is 0 Å². The normalized spacial score (nSPS) is 11.9. The Kier molecular flexibility index (Phi) is 7.15. The smallest absolute Gasteiger partial charge is 0.473 e. The Hall–Kier alpha value is -0.340. The maximum Gasteiger partial charge on any atom is 0.473 e. The predicted octanol–water partition coefficient (Wildman–Crippen LogP) is -2.69. The highest BCUT2D eigenvalue weighted by atomic mass is 79.9. The summed E-state index contributed by atoms with van der Waals surface area (Å²) < 4.78 is 35.4. The average Bonchev–Trinajstić information content (AvgIpc) is 1.93. The van der Waals surface area contributed by atoms with Gasteiger partial charge in [-0.05, 0) is 0 Å². The molecule has 0 aromatic rings. The Balaban J connectivity index is 0. The van der Waals surface area contributed by atoms with Crippen molar-refractivity contribution in [3.05, 3.63) is 0 Å². The van der Waals surface area contributed by atoms with Gasteiger partial charge >= 0.3 is 12.1 Å². The highest BCUT2D eigenvalue weighted by molar-refractivity contribution is 5.80. The van der Waals surface area contributed by atoms with Crippen LogP contribution in [0.25, 0.3) is 0 Å². The molecule has 0 fully saturated rings. The van der Waals surface area contributed by atoms with E-state index in [1.165, 1.54) is 5.48 Å². The quantitative estimate of drug-likeness (QED) is 0.348. The number of alkyl halides is 3. The van der Waals surface area contributed by atoms with Gasteiger partial charge in [0.1, 0.15) is 13.2 Å². The molecule has 8 heteroatoms. The molecule has 0 bridgehead atoms. The van der Waals surface area contributed by atoms with Gasteiger partial charge in [-0.3, -0.25) is 9.63 Å². The van der Waals surface area contributed by atoms with Gasteiger partial charge in [-0.1, -0.05) is 0 Å². The fourth-order valence-corrected chi connectivity index (χ4v) is 0.494. The minimum Gasteiger partial charge on any atom is -1.00 e. The van der Waals surface area contributed by atoms with Gasteiger partial charge in [-0.25, -0.2) is 5.48 Å². The standard InChI is InChI=1S/C7H13F3N2O2.BrH/c1-12(2,3)4-5-14-11-6(13)7(8,9)10;/h4-5H2,1-3H3;1H. The molecular formula is C7H14BrF3N2O2. The van der Waals surface area contributed by atoms with Crippen molar-refractivity contribution in [2.45, 2.75) is 6.18 Å². The summed E-state index contributed by atoms with van der Waals surface area (Å²) in [6.45, 7) is 0.531. The fraction of sp³-hybridized carbons (Fsp3) is 0.857. The predicted molar refractivity (Wildman–Crippen MR) is 43.0 cm³/mol. The summed E-state index contributed by atoms with van der Waals surface area (Å²) in [5.41, 5.74) is 1.32. The molecule has 0 aromatic heterocycles. The summed E-state index contributed by atoms with van der Waals surface area (Å²) in [7, 11) is 5.57. The van der Waals surface area contributed by atoms with Gasteiger partial charge in [-0.15, -0.1) is 0 Å². The molecule has 0 radical (unpaired) electrons. The lowest BCUT2D eigenvalue weighted by Gasteiger charge is -2.23. The second kappa shape index (κ2) is 6.29. The molecule has 0 aromatic carbocycles. The SMILES string of the molecule is C[N+](C)(C)CCONC(=O)C(F)(F)F.[Br-]. The lowest BCUT2D eigenvalue weighted by atomic mass is 10.5. The van der Waals surface area contributed by atoms with Crippen LogP contribution in [0.3, 0.4) is 0 Å². The number of halogens is 4. The summed E-state index contributed by atoms with van der Waals surface area (Å²) in [5.74, 6) is -2.08. The third-order valence-electron chi connectivity index (χ3n) is 1.29. The van der Waals surface area contributed by atoms with Crippen molar-refractivity contribution >= 4 is 5.91 Å². The number of amides is 1. The van der Waals surface area contributed by atoms with Crippen LogP contribution < -0.4 is 22.5 Å². The Morgan fingerprint density at radius 3 is 2.13 bits per heavy atom. The lowest BCUT2D eigenvalue weighted by molar-refractivity contribution is -0.870. The number of hydrogen-bond acceptors (Lipinski definition) is 2. The van der Waals surface area contributed by atoms with E-state index in [9.17, 15) is 18.0 Å². The molecule has 0 rings (SSSR count). The van der Waals surface area contributed by atoms with Gasteiger partial charge in [0.15, 0.2) is 0 Å². The first-order valence-corrected chi connectivity index (χ1v) is 3.92. The summed E-state index contributed by atoms with van der Waals surface area (Å²) in [6, 6.07) is 0. The van der Waals surface area contributed by atoms with E-state index in [-0.39, 0.29) is 23.6 Å². The number of carbonyl (C=O) groups excluding carboxylic acids is 1. The van der Waals surface area contributed by atoms with Crippen LogP contribution in [0.15, 0.2) is 0 Å². The largest absolute Gasteiger partial charge is 1.00 e. The third kappa shape index (κ3) is 9.95. The minimum absolute atomic E-state index is 0. The molecule has 1 N–H and O–H groups in total. The molecule has 0 aliphatic rings. The van der Waals surface area contributed by atoms with Crippen LogP contribution in [0.2, 0.25) is 0 Å². The second-order valence-corrected chi connectivity index (χ2v) is 3.79. The highest BCUT2D eigenvalue weighted by Crippen LogP contribution is 2.13. The first kappa shape index (κ1) is 17.1. The van der Waals surface area contributed by atoms with Gasteiger partial charge in [0.2, 0.25) is 0 Å². The van der Waals surface area contributed by atoms with Crippen LogP contribution in [0.1, 0.15) is 0 Å². The molecular weight excluding hydrogens is 281 g/mol. The van der Waals surface area contributed by atoms with Crippen molar-refractivity contribution in [2.24, 2.45) is 0 Å². The number of hydroxylamine groups is 1. The molecule has 0 saturated carbocycles. The topological polar surface area (TPSA) is 38.3 Å². The molecule has 0 heterocycles. The highest BCUT2D eigenvalue weighted by Gasteiger charge is 2.39. The maximum absolute atomic E-state index is 11.6. The molecule has 1 amide bonds. The van der Waals surface area contributed by atoms with E-state index in [0.717, 1.165) is 0 Å². The first-order valence-electron chi connectivity index (χ1n) is 3.92. The van der Waals surface area contributed by atoms with Crippen molar-refractivity contribution in [3.63, 3.8) is 0 Å². The molecule has 0 aliphatic heterocycles. The van der Waals surface area contributed by atoms with Gasteiger partial charge in [0.05, 0.1) is 21.1 Å². The number of quaternary nitrogens is 1. The third-order valence-corrected chi connectivity index (χ3v) is 1.29. The van der Waals surface area contributed by atoms with Gasteiger partial charge in [0, 0.05) is 0 Å². The summed E-state index contributed by atoms with van der Waals surface area (Å²) in [6.07, 6.45) is -4.89. The zero-order valence-corrected chi connectivity index (χ0v) is 10.3. The molecule has 15 heavy (non-hydrogen) atoms. The zero-order chi connectivity index (χ0) is 11.4. The lowest BCUT2D eigenvalue weighted by Crippen LogP contribution is -3.00. The fourth-order valence-electron chi connectivity index (χ4n) is 0.494. The van der Waals surface area contributed by atoms with Crippen molar-refractivity contribution < 1.29 is 44.3 Å². The Morgan fingerprint density at radius 1 is 1.33 bits per heavy atom. The Labute approximate surface area is 96.7 Å². The molecule has 0 aliphatic carbocycles. The molecule has 0 spiro atoms. The van der Waals surface area contributed by atoms with Crippen molar-refractivity contribution in [1.82, 2.24) is 5.48 Å². The van der Waals surface area contributed by atoms with Crippen LogP contribution in [-0.4, -0.2) is 50.9 Å². The van der Waals surface area contributed by atoms with Crippen LogP contribution >= 0.6 is 0 Å². The maximum atomic E-state index is 11.6. The second-order valence-electron chi connectivity index (χ2n) is 3.79. The van der Waals surface area contributed by atoms with E-state index < -0.39 is 12.1 Å². The van der Waals surface area contributed by atoms with E-state index in [0.29, 0.717) is 11.0 Å². The molecule has 4 nitrogen and oxygen atoms in total. The van der Waals surface area contributed by atoms with Crippen LogP contribution in [0.4, 0.5) is 13.2 Å². The first-order chi connectivity index (χ1) is 6.13. The number of hydrogen-bond donors (Lipinski definition) is 1. The van der Waals surface area contributed by atoms with E-state index in [4.69, 9.17) is 0 Å². The van der Waals surface area contributed by atoms with Crippen LogP contribution in [-0.2, 0) is 9.63 Å². The molecule has 0 atom stereocenters. The Morgan fingerprint density at radius 2 is 1.80 bits per heavy atom. The summed E-state index contributed by atoms with van der Waals surface area (Å²) >= 11 is 0. The van der Waals surface area contributed by atoms with Crippen molar-refractivity contribution in [1.29, 1.82) is 0 Å². The van der Waals surface area contributed by atoms with E-state index in [1.54, 1.807) is 0 Å². The van der Waals surface area contributed by atoms with Gasteiger partial charge < -0.3 is 21.5 Å². The molecule has 0 unspecified atom stereocenters. The van der Waals surface area contributed by atoms with Gasteiger partial charge in [-0.2, -0.15) is 13.2 Å². The van der Waals surface area contributed by atoms with E-state index in [1.807, 2.05) is 21.1 Å². The average molecular weight is 295 g/mol.